The lowest BCUT2D eigenvalue weighted by Gasteiger charge is -2.34. The molecule has 30 heavy (non-hydrogen) atoms. The number of nitrogens with zero attached hydrogens (tertiary/aromatic N) is 2. The van der Waals surface area contributed by atoms with Crippen molar-refractivity contribution in [3.63, 3.8) is 0 Å². The van der Waals surface area contributed by atoms with E-state index in [0.717, 1.165) is 33.0 Å². The average molecular weight is 390 g/mol. The first-order chi connectivity index (χ1) is 14.7. The maximum atomic E-state index is 6.31. The topological polar surface area (TPSA) is 38.9 Å². The highest BCUT2D eigenvalue weighted by Crippen LogP contribution is 2.40. The van der Waals surface area contributed by atoms with E-state index in [1.165, 1.54) is 43.1 Å². The van der Waals surface area contributed by atoms with Gasteiger partial charge in [-0.05, 0) is 34.5 Å². The molecule has 1 fully saturated rings. The molecule has 146 valence electrons. The Balaban J connectivity index is 1.57. The van der Waals surface area contributed by atoms with Crippen LogP contribution in [0.2, 0.25) is 0 Å². The van der Waals surface area contributed by atoms with Crippen molar-refractivity contribution in [1.29, 1.82) is 0 Å². The van der Waals surface area contributed by atoms with Crippen LogP contribution in [-0.4, -0.2) is 17.8 Å². The number of fused-ring (bicyclic) bond motifs is 5. The summed E-state index contributed by atoms with van der Waals surface area (Å²) in [6, 6.07) is 19.2. The minimum absolute atomic E-state index is 0.246. The molecular formula is C26H23BN2O. The molecule has 5 aromatic rings. The molecule has 0 unspecified atom stereocenters. The van der Waals surface area contributed by atoms with Gasteiger partial charge in [-0.15, -0.1) is 0 Å². The SMILES string of the molecule is BC1(c2ccnc(-c3cccc4c3oc3ncc5ccccc5c34)c2)CCCCC1. The molecule has 0 aliphatic heterocycles. The second kappa shape index (κ2) is 6.70. The first-order valence-corrected chi connectivity index (χ1v) is 10.9. The van der Waals surface area contributed by atoms with Crippen molar-refractivity contribution in [1.82, 2.24) is 9.97 Å². The predicted octanol–water partition coefficient (Wildman–Crippen LogP) is 5.99. The molecule has 1 aliphatic carbocycles. The fraction of sp³-hybridized carbons (Fsp3) is 0.231. The maximum Gasteiger partial charge on any atom is 0.227 e. The Labute approximate surface area is 176 Å². The van der Waals surface area contributed by atoms with Crippen LogP contribution in [0.4, 0.5) is 0 Å². The third-order valence-electron chi connectivity index (χ3n) is 6.94. The first kappa shape index (κ1) is 17.7. The summed E-state index contributed by atoms with van der Waals surface area (Å²) in [5.74, 6) is 0. The fourth-order valence-electron chi connectivity index (χ4n) is 5.20. The van der Waals surface area contributed by atoms with Crippen LogP contribution in [0.1, 0.15) is 37.7 Å². The van der Waals surface area contributed by atoms with Crippen LogP contribution in [0.25, 0.3) is 44.1 Å². The van der Waals surface area contributed by atoms with E-state index >= 15 is 0 Å². The van der Waals surface area contributed by atoms with Gasteiger partial charge in [0.25, 0.3) is 0 Å². The van der Waals surface area contributed by atoms with Gasteiger partial charge in [-0.25, -0.2) is 4.98 Å². The lowest BCUT2D eigenvalue weighted by molar-refractivity contribution is 0.398. The monoisotopic (exact) mass is 390 g/mol. The summed E-state index contributed by atoms with van der Waals surface area (Å²) < 4.78 is 6.31. The zero-order valence-corrected chi connectivity index (χ0v) is 17.2. The van der Waals surface area contributed by atoms with Gasteiger partial charge in [0.2, 0.25) is 5.71 Å². The Bertz CT molecular complexity index is 1400. The lowest BCUT2D eigenvalue weighted by Crippen LogP contribution is -2.29. The second-order valence-corrected chi connectivity index (χ2v) is 8.86. The fourth-order valence-corrected chi connectivity index (χ4v) is 5.20. The molecule has 1 aliphatic rings. The van der Waals surface area contributed by atoms with E-state index in [2.05, 4.69) is 61.4 Å². The highest BCUT2D eigenvalue weighted by molar-refractivity contribution is 6.19. The summed E-state index contributed by atoms with van der Waals surface area (Å²) in [4.78, 5) is 9.33. The number of hydrogen-bond acceptors (Lipinski definition) is 3. The molecule has 0 bridgehead atoms. The Morgan fingerprint density at radius 2 is 1.70 bits per heavy atom. The number of benzene rings is 2. The normalized spacial score (nSPS) is 16.4. The van der Waals surface area contributed by atoms with Crippen LogP contribution < -0.4 is 0 Å². The summed E-state index contributed by atoms with van der Waals surface area (Å²) in [6.45, 7) is 0. The molecule has 0 atom stereocenters. The van der Waals surface area contributed by atoms with E-state index < -0.39 is 0 Å². The largest absolute Gasteiger partial charge is 0.437 e. The first-order valence-electron chi connectivity index (χ1n) is 10.9. The molecule has 0 amide bonds. The van der Waals surface area contributed by atoms with Crippen molar-refractivity contribution < 1.29 is 4.42 Å². The van der Waals surface area contributed by atoms with E-state index in [-0.39, 0.29) is 5.31 Å². The van der Waals surface area contributed by atoms with E-state index in [4.69, 9.17) is 9.40 Å². The van der Waals surface area contributed by atoms with Crippen LogP contribution in [0, 0.1) is 0 Å². The van der Waals surface area contributed by atoms with Crippen molar-refractivity contribution >= 4 is 40.7 Å². The molecule has 0 spiro atoms. The third kappa shape index (κ3) is 2.67. The Morgan fingerprint density at radius 3 is 2.60 bits per heavy atom. The minimum Gasteiger partial charge on any atom is -0.437 e. The molecule has 0 radical (unpaired) electrons. The summed E-state index contributed by atoms with van der Waals surface area (Å²) in [5, 5.41) is 4.73. The number of rotatable bonds is 2. The van der Waals surface area contributed by atoms with Gasteiger partial charge in [0.15, 0.2) is 0 Å². The Kier molecular flexibility index (Phi) is 3.95. The highest BCUT2D eigenvalue weighted by Gasteiger charge is 2.29. The van der Waals surface area contributed by atoms with Gasteiger partial charge in [0.1, 0.15) is 13.4 Å². The molecule has 3 aromatic heterocycles. The molecule has 1 saturated carbocycles. The number of pyridine rings is 2. The third-order valence-corrected chi connectivity index (χ3v) is 6.94. The zero-order chi connectivity index (χ0) is 20.1. The molecule has 6 rings (SSSR count). The number of aromatic nitrogens is 2. The van der Waals surface area contributed by atoms with Crippen LogP contribution in [0.15, 0.2) is 71.4 Å². The van der Waals surface area contributed by atoms with Gasteiger partial charge in [-0.1, -0.05) is 68.5 Å². The Hall–Kier alpha value is -3.14. The predicted molar refractivity (Wildman–Crippen MR) is 126 cm³/mol. The maximum absolute atomic E-state index is 6.31. The van der Waals surface area contributed by atoms with Gasteiger partial charge in [0.05, 0.1) is 11.1 Å². The molecule has 4 heteroatoms. The quantitative estimate of drug-likeness (QED) is 0.348. The summed E-state index contributed by atoms with van der Waals surface area (Å²) in [6.07, 6.45) is 10.3. The minimum atomic E-state index is 0.246. The van der Waals surface area contributed by atoms with Crippen molar-refractivity contribution in [2.45, 2.75) is 37.4 Å². The van der Waals surface area contributed by atoms with E-state index in [9.17, 15) is 0 Å². The summed E-state index contributed by atoms with van der Waals surface area (Å²) >= 11 is 0. The highest BCUT2D eigenvalue weighted by atomic mass is 16.3. The second-order valence-electron chi connectivity index (χ2n) is 8.86. The van der Waals surface area contributed by atoms with Gasteiger partial charge >= 0.3 is 0 Å². The molecule has 2 aromatic carbocycles. The van der Waals surface area contributed by atoms with Crippen LogP contribution in [0.3, 0.4) is 0 Å². The van der Waals surface area contributed by atoms with Gasteiger partial charge < -0.3 is 4.42 Å². The lowest BCUT2D eigenvalue weighted by atomic mass is 9.57. The number of para-hydroxylation sites is 1. The molecule has 0 N–H and O–H groups in total. The smallest absolute Gasteiger partial charge is 0.227 e. The van der Waals surface area contributed by atoms with Gasteiger partial charge in [0, 0.05) is 28.7 Å². The van der Waals surface area contributed by atoms with E-state index in [0.29, 0.717) is 5.71 Å². The van der Waals surface area contributed by atoms with Crippen molar-refractivity contribution in [2.75, 3.05) is 0 Å². The van der Waals surface area contributed by atoms with Gasteiger partial charge in [-0.3, -0.25) is 4.98 Å². The molecule has 3 heterocycles. The summed E-state index contributed by atoms with van der Waals surface area (Å²) in [7, 11) is 2.41. The van der Waals surface area contributed by atoms with Crippen LogP contribution >= 0.6 is 0 Å². The Morgan fingerprint density at radius 1 is 0.867 bits per heavy atom. The van der Waals surface area contributed by atoms with E-state index in [1.54, 1.807) is 0 Å². The standard InChI is InChI=1S/C26H23BN2O/c27-26(12-4-1-5-13-26)18-11-14-28-22(15-18)20-9-6-10-21-23-19-8-3-2-7-17(19)16-29-25(23)30-24(20)21/h2-3,6-11,14-16H,1,4-5,12-13,27H2. The molecular weight excluding hydrogens is 367 g/mol. The average Bonchev–Trinajstić information content (AvgIpc) is 3.19. The molecule has 0 saturated heterocycles. The number of hydrogen-bond donors (Lipinski definition) is 0. The summed E-state index contributed by atoms with van der Waals surface area (Å²) in [5.41, 5.74) is 4.97. The van der Waals surface area contributed by atoms with Crippen molar-refractivity contribution in [3.8, 4) is 11.3 Å². The molecule has 3 nitrogen and oxygen atoms in total. The number of furan rings is 1. The van der Waals surface area contributed by atoms with Crippen LogP contribution in [-0.2, 0) is 5.31 Å². The van der Waals surface area contributed by atoms with Crippen molar-refractivity contribution in [3.05, 3.63) is 72.6 Å². The van der Waals surface area contributed by atoms with Crippen molar-refractivity contribution in [2.24, 2.45) is 0 Å². The van der Waals surface area contributed by atoms with Crippen LogP contribution in [0.5, 0.6) is 0 Å². The van der Waals surface area contributed by atoms with E-state index in [1.807, 2.05) is 18.5 Å². The van der Waals surface area contributed by atoms with Gasteiger partial charge in [-0.2, -0.15) is 0 Å². The zero-order valence-electron chi connectivity index (χ0n) is 17.2.